The van der Waals surface area contributed by atoms with Gasteiger partial charge in [0.15, 0.2) is 0 Å². The first-order valence-electron chi connectivity index (χ1n) is 6.02. The highest BCUT2D eigenvalue weighted by molar-refractivity contribution is 9.10. The summed E-state index contributed by atoms with van der Waals surface area (Å²) in [4.78, 5) is 14.2. The Kier molecular flexibility index (Phi) is 6.60. The van der Waals surface area contributed by atoms with E-state index in [1.54, 1.807) is 18.2 Å². The normalized spacial score (nSPS) is 15.7. The molecule has 0 aliphatic carbocycles. The van der Waals surface area contributed by atoms with E-state index in [1.165, 1.54) is 0 Å². The highest BCUT2D eigenvalue weighted by Gasteiger charge is 2.23. The smallest absolute Gasteiger partial charge is 0.253 e. The van der Waals surface area contributed by atoms with Crippen LogP contribution in [0, 0.1) is 0 Å². The van der Waals surface area contributed by atoms with Gasteiger partial charge in [-0.2, -0.15) is 0 Å². The summed E-state index contributed by atoms with van der Waals surface area (Å²) in [6.07, 6.45) is 2.02. The number of rotatable bonds is 2. The Labute approximate surface area is 133 Å². The average Bonchev–Trinajstić information content (AvgIpc) is 2.41. The van der Waals surface area contributed by atoms with Crippen LogP contribution in [0.2, 0.25) is 5.02 Å². The molecule has 1 aliphatic rings. The van der Waals surface area contributed by atoms with Gasteiger partial charge in [-0.05, 0) is 60.1 Å². The van der Waals surface area contributed by atoms with Crippen molar-refractivity contribution >= 4 is 45.8 Å². The van der Waals surface area contributed by atoms with Crippen molar-refractivity contribution in [2.24, 2.45) is 0 Å². The van der Waals surface area contributed by atoms with Crippen molar-refractivity contribution in [3.8, 4) is 0 Å². The predicted octanol–water partition coefficient (Wildman–Crippen LogP) is 3.35. The van der Waals surface area contributed by atoms with Gasteiger partial charge in [-0.3, -0.25) is 4.79 Å². The highest BCUT2D eigenvalue weighted by atomic mass is 79.9. The molecule has 1 amide bonds. The number of halogens is 3. The predicted molar refractivity (Wildman–Crippen MR) is 84.4 cm³/mol. The molecule has 1 saturated heterocycles. The second-order valence-corrected chi connectivity index (χ2v) is 5.79. The molecule has 1 heterocycles. The maximum Gasteiger partial charge on any atom is 0.253 e. The van der Waals surface area contributed by atoms with E-state index in [2.05, 4.69) is 21.2 Å². The minimum absolute atomic E-state index is 0. The zero-order valence-electron chi connectivity index (χ0n) is 10.7. The Morgan fingerprint density at radius 1 is 1.42 bits per heavy atom. The van der Waals surface area contributed by atoms with E-state index in [0.717, 1.165) is 30.4 Å². The molecule has 19 heavy (non-hydrogen) atoms. The second-order valence-electron chi connectivity index (χ2n) is 4.53. The quantitative estimate of drug-likeness (QED) is 0.869. The van der Waals surface area contributed by atoms with E-state index >= 15 is 0 Å². The lowest BCUT2D eigenvalue weighted by molar-refractivity contribution is 0.0703. The van der Waals surface area contributed by atoms with Gasteiger partial charge in [0, 0.05) is 23.1 Å². The highest BCUT2D eigenvalue weighted by Crippen LogP contribution is 2.24. The fraction of sp³-hybridized carbons (Fsp3) is 0.462. The number of benzene rings is 1. The van der Waals surface area contributed by atoms with Crippen LogP contribution >= 0.6 is 39.9 Å². The van der Waals surface area contributed by atoms with Crippen molar-refractivity contribution in [2.75, 3.05) is 20.1 Å². The lowest BCUT2D eigenvalue weighted by Crippen LogP contribution is -2.43. The molecule has 0 unspecified atom stereocenters. The third kappa shape index (κ3) is 4.09. The number of nitrogens with zero attached hydrogens (tertiary/aromatic N) is 1. The van der Waals surface area contributed by atoms with Crippen LogP contribution in [0.5, 0.6) is 0 Å². The van der Waals surface area contributed by atoms with Gasteiger partial charge in [0.2, 0.25) is 0 Å². The SMILES string of the molecule is CN(C(=O)c1ccc(Cl)c(Br)c1)C1CCNCC1.Cl. The van der Waals surface area contributed by atoms with E-state index < -0.39 is 0 Å². The van der Waals surface area contributed by atoms with Gasteiger partial charge in [-0.15, -0.1) is 12.4 Å². The molecule has 3 nitrogen and oxygen atoms in total. The van der Waals surface area contributed by atoms with Crippen LogP contribution in [0.4, 0.5) is 0 Å². The van der Waals surface area contributed by atoms with Crippen molar-refractivity contribution < 1.29 is 4.79 Å². The Morgan fingerprint density at radius 3 is 2.63 bits per heavy atom. The van der Waals surface area contributed by atoms with Gasteiger partial charge < -0.3 is 10.2 Å². The molecule has 1 N–H and O–H groups in total. The first-order chi connectivity index (χ1) is 8.59. The molecule has 0 radical (unpaired) electrons. The van der Waals surface area contributed by atoms with Crippen LogP contribution in [0.1, 0.15) is 23.2 Å². The second kappa shape index (κ2) is 7.48. The van der Waals surface area contributed by atoms with Crippen molar-refractivity contribution in [1.82, 2.24) is 10.2 Å². The van der Waals surface area contributed by atoms with Crippen LogP contribution in [0.25, 0.3) is 0 Å². The van der Waals surface area contributed by atoms with Gasteiger partial charge in [-0.25, -0.2) is 0 Å². The molecule has 0 saturated carbocycles. The number of amides is 1. The summed E-state index contributed by atoms with van der Waals surface area (Å²) in [7, 11) is 1.88. The summed E-state index contributed by atoms with van der Waals surface area (Å²) in [6.45, 7) is 1.96. The molecular formula is C13H17BrCl2N2O. The van der Waals surface area contributed by atoms with Crippen LogP contribution < -0.4 is 5.32 Å². The number of carbonyl (C=O) groups is 1. The lowest BCUT2D eigenvalue weighted by atomic mass is 10.0. The Morgan fingerprint density at radius 2 is 2.05 bits per heavy atom. The zero-order valence-corrected chi connectivity index (χ0v) is 13.8. The van der Waals surface area contributed by atoms with Gasteiger partial charge in [0.25, 0.3) is 5.91 Å². The molecule has 0 bridgehead atoms. The van der Waals surface area contributed by atoms with E-state index in [0.29, 0.717) is 16.6 Å². The molecule has 1 aromatic rings. The zero-order chi connectivity index (χ0) is 13.1. The number of carbonyl (C=O) groups excluding carboxylic acids is 1. The van der Waals surface area contributed by atoms with Crippen LogP contribution in [0.3, 0.4) is 0 Å². The summed E-state index contributed by atoms with van der Waals surface area (Å²) in [5.74, 6) is 0.0549. The Bertz CT molecular complexity index is 450. The average molecular weight is 368 g/mol. The summed E-state index contributed by atoms with van der Waals surface area (Å²) in [6, 6.07) is 5.62. The summed E-state index contributed by atoms with van der Waals surface area (Å²) in [5, 5.41) is 3.92. The van der Waals surface area contributed by atoms with E-state index in [1.807, 2.05) is 11.9 Å². The van der Waals surface area contributed by atoms with Crippen molar-refractivity contribution in [3.63, 3.8) is 0 Å². The van der Waals surface area contributed by atoms with E-state index in [9.17, 15) is 4.79 Å². The summed E-state index contributed by atoms with van der Waals surface area (Å²) in [5.41, 5.74) is 0.673. The molecule has 1 fully saturated rings. The molecule has 2 rings (SSSR count). The molecule has 0 atom stereocenters. The molecule has 1 aliphatic heterocycles. The van der Waals surface area contributed by atoms with Gasteiger partial charge >= 0.3 is 0 Å². The third-order valence-corrected chi connectivity index (χ3v) is 4.56. The van der Waals surface area contributed by atoms with Crippen LogP contribution in [0.15, 0.2) is 22.7 Å². The molecule has 6 heteroatoms. The lowest BCUT2D eigenvalue weighted by Gasteiger charge is -2.31. The molecule has 106 valence electrons. The van der Waals surface area contributed by atoms with E-state index in [4.69, 9.17) is 11.6 Å². The van der Waals surface area contributed by atoms with Crippen molar-refractivity contribution in [3.05, 3.63) is 33.3 Å². The summed E-state index contributed by atoms with van der Waals surface area (Å²) >= 11 is 9.28. The standard InChI is InChI=1S/C13H16BrClN2O.ClH/c1-17(10-4-6-16-7-5-10)13(18)9-2-3-12(15)11(14)8-9;/h2-3,8,10,16H,4-7H2,1H3;1H. The topological polar surface area (TPSA) is 32.3 Å². The monoisotopic (exact) mass is 366 g/mol. The Balaban J connectivity index is 0.00000180. The fourth-order valence-corrected chi connectivity index (χ4v) is 2.69. The number of piperidine rings is 1. The van der Waals surface area contributed by atoms with Crippen molar-refractivity contribution in [1.29, 1.82) is 0 Å². The first-order valence-corrected chi connectivity index (χ1v) is 7.19. The van der Waals surface area contributed by atoms with Crippen LogP contribution in [-0.4, -0.2) is 37.0 Å². The minimum Gasteiger partial charge on any atom is -0.339 e. The molecule has 0 aromatic heterocycles. The first kappa shape index (κ1) is 16.8. The number of hydrogen-bond acceptors (Lipinski definition) is 2. The number of nitrogens with one attached hydrogen (secondary N) is 1. The van der Waals surface area contributed by atoms with Gasteiger partial charge in [0.1, 0.15) is 0 Å². The van der Waals surface area contributed by atoms with Crippen molar-refractivity contribution in [2.45, 2.75) is 18.9 Å². The third-order valence-electron chi connectivity index (χ3n) is 3.34. The van der Waals surface area contributed by atoms with E-state index in [-0.39, 0.29) is 18.3 Å². The van der Waals surface area contributed by atoms with Gasteiger partial charge in [-0.1, -0.05) is 11.6 Å². The fourth-order valence-electron chi connectivity index (χ4n) is 2.19. The maximum atomic E-state index is 12.3. The maximum absolute atomic E-state index is 12.3. The number of hydrogen-bond donors (Lipinski definition) is 1. The molecule has 0 spiro atoms. The largest absolute Gasteiger partial charge is 0.339 e. The van der Waals surface area contributed by atoms with Crippen LogP contribution in [-0.2, 0) is 0 Å². The minimum atomic E-state index is 0. The Hall–Kier alpha value is -0.290. The molecule has 1 aromatic carbocycles. The summed E-state index contributed by atoms with van der Waals surface area (Å²) < 4.78 is 0.758. The van der Waals surface area contributed by atoms with Gasteiger partial charge in [0.05, 0.1) is 5.02 Å². The molecular weight excluding hydrogens is 351 g/mol.